The number of benzene rings is 2. The number of nitrogens with one attached hydrogen (secondary N) is 1. The summed E-state index contributed by atoms with van der Waals surface area (Å²) >= 11 is 6.84. The van der Waals surface area contributed by atoms with E-state index in [1.54, 1.807) is 6.07 Å². The first-order valence-electron chi connectivity index (χ1n) is 6.72. The highest BCUT2D eigenvalue weighted by Crippen LogP contribution is 2.32. The van der Waals surface area contributed by atoms with Crippen LogP contribution in [0.1, 0.15) is 18.9 Å². The number of ether oxygens (including phenoxy) is 1. The second kappa shape index (κ2) is 7.92. The van der Waals surface area contributed by atoms with E-state index in [0.29, 0.717) is 16.0 Å². The smallest absolute Gasteiger partial charge is 0.141 e. The Labute approximate surface area is 141 Å². The highest BCUT2D eigenvalue weighted by Gasteiger charge is 2.06. The monoisotopic (exact) mass is 415 g/mol. The molecule has 21 heavy (non-hydrogen) atoms. The lowest BCUT2D eigenvalue weighted by Gasteiger charge is -2.11. The Hall–Kier alpha value is -0.910. The van der Waals surface area contributed by atoms with Crippen LogP contribution in [0.2, 0.25) is 0 Å². The average molecular weight is 417 g/mol. The van der Waals surface area contributed by atoms with Crippen LogP contribution in [0.15, 0.2) is 45.3 Å². The average Bonchev–Trinajstić information content (AvgIpc) is 2.44. The van der Waals surface area contributed by atoms with Gasteiger partial charge in [-0.2, -0.15) is 0 Å². The first-order valence-corrected chi connectivity index (χ1v) is 8.31. The zero-order valence-corrected chi connectivity index (χ0v) is 14.8. The fraction of sp³-hybridized carbons (Fsp3) is 0.250. The fourth-order valence-corrected chi connectivity index (χ4v) is 2.75. The van der Waals surface area contributed by atoms with Gasteiger partial charge in [-0.25, -0.2) is 4.39 Å². The molecule has 5 heteroatoms. The minimum absolute atomic E-state index is 0.298. The summed E-state index contributed by atoms with van der Waals surface area (Å²) in [6.07, 6.45) is 1.11. The minimum Gasteiger partial charge on any atom is -0.456 e. The van der Waals surface area contributed by atoms with E-state index in [4.69, 9.17) is 4.74 Å². The van der Waals surface area contributed by atoms with E-state index in [1.807, 2.05) is 18.2 Å². The predicted octanol–water partition coefficient (Wildman–Crippen LogP) is 5.64. The number of hydrogen-bond donors (Lipinski definition) is 1. The van der Waals surface area contributed by atoms with Crippen molar-refractivity contribution in [3.63, 3.8) is 0 Å². The topological polar surface area (TPSA) is 21.3 Å². The van der Waals surface area contributed by atoms with Gasteiger partial charge in [0.15, 0.2) is 0 Å². The van der Waals surface area contributed by atoms with Crippen LogP contribution in [0, 0.1) is 5.82 Å². The molecule has 2 rings (SSSR count). The highest BCUT2D eigenvalue weighted by atomic mass is 79.9. The Morgan fingerprint density at radius 3 is 2.57 bits per heavy atom. The molecule has 1 N–H and O–H groups in total. The van der Waals surface area contributed by atoms with Gasteiger partial charge in [0, 0.05) is 11.0 Å². The van der Waals surface area contributed by atoms with E-state index in [0.717, 1.165) is 24.0 Å². The Morgan fingerprint density at radius 1 is 1.10 bits per heavy atom. The van der Waals surface area contributed by atoms with Gasteiger partial charge in [0.1, 0.15) is 17.3 Å². The second-order valence-electron chi connectivity index (χ2n) is 4.61. The molecule has 2 aromatic rings. The van der Waals surface area contributed by atoms with Gasteiger partial charge in [0.2, 0.25) is 0 Å². The van der Waals surface area contributed by atoms with Crippen molar-refractivity contribution in [2.45, 2.75) is 19.9 Å². The van der Waals surface area contributed by atoms with Crippen molar-refractivity contribution >= 4 is 31.9 Å². The number of rotatable bonds is 6. The highest BCUT2D eigenvalue weighted by molar-refractivity contribution is 9.10. The first-order chi connectivity index (χ1) is 10.1. The third kappa shape index (κ3) is 4.80. The Balaban J connectivity index is 2.09. The van der Waals surface area contributed by atoms with Crippen molar-refractivity contribution in [1.82, 2.24) is 5.32 Å². The molecule has 0 spiro atoms. The lowest BCUT2D eigenvalue weighted by molar-refractivity contribution is 0.476. The molecule has 0 aliphatic carbocycles. The summed E-state index contributed by atoms with van der Waals surface area (Å²) in [5.41, 5.74) is 1.17. The third-order valence-electron chi connectivity index (χ3n) is 2.89. The number of hydrogen-bond acceptors (Lipinski definition) is 2. The third-order valence-corrected chi connectivity index (χ3v) is 4.25. The summed E-state index contributed by atoms with van der Waals surface area (Å²) in [5.74, 6) is 0.987. The molecule has 0 amide bonds. The Bertz CT molecular complexity index is 619. The van der Waals surface area contributed by atoms with Crippen molar-refractivity contribution in [2.24, 2.45) is 0 Å². The van der Waals surface area contributed by atoms with Crippen molar-refractivity contribution in [3.05, 3.63) is 56.7 Å². The van der Waals surface area contributed by atoms with Crippen LogP contribution in [-0.2, 0) is 6.54 Å². The van der Waals surface area contributed by atoms with Crippen LogP contribution < -0.4 is 10.1 Å². The maximum absolute atomic E-state index is 13.1. The quantitative estimate of drug-likeness (QED) is 0.615. The van der Waals surface area contributed by atoms with Crippen molar-refractivity contribution in [2.75, 3.05) is 6.54 Å². The van der Waals surface area contributed by atoms with Gasteiger partial charge in [-0.3, -0.25) is 0 Å². The second-order valence-corrected chi connectivity index (χ2v) is 6.32. The van der Waals surface area contributed by atoms with Gasteiger partial charge in [-0.15, -0.1) is 0 Å². The Kier molecular flexibility index (Phi) is 6.21. The predicted molar refractivity (Wildman–Crippen MR) is 90.3 cm³/mol. The summed E-state index contributed by atoms with van der Waals surface area (Å²) in [6.45, 7) is 3.95. The van der Waals surface area contributed by atoms with Gasteiger partial charge in [0.25, 0.3) is 0 Å². The molecule has 2 aromatic carbocycles. The van der Waals surface area contributed by atoms with E-state index in [2.05, 4.69) is 44.1 Å². The molecule has 112 valence electrons. The van der Waals surface area contributed by atoms with Crippen LogP contribution in [0.3, 0.4) is 0 Å². The van der Waals surface area contributed by atoms with Gasteiger partial charge < -0.3 is 10.1 Å². The summed E-state index contributed by atoms with van der Waals surface area (Å²) in [7, 11) is 0. The van der Waals surface area contributed by atoms with Crippen LogP contribution in [0.25, 0.3) is 0 Å². The maximum Gasteiger partial charge on any atom is 0.141 e. The standard InChI is InChI=1S/C16H16Br2FNO/c1-2-7-20-10-11-3-5-13(9-14(11)17)21-16-6-4-12(19)8-15(16)18/h3-6,8-9,20H,2,7,10H2,1H3. The lowest BCUT2D eigenvalue weighted by atomic mass is 10.2. The maximum atomic E-state index is 13.1. The summed E-state index contributed by atoms with van der Waals surface area (Å²) < 4.78 is 20.4. The lowest BCUT2D eigenvalue weighted by Crippen LogP contribution is -2.14. The molecule has 0 aliphatic heterocycles. The van der Waals surface area contributed by atoms with Crippen LogP contribution >= 0.6 is 31.9 Å². The van der Waals surface area contributed by atoms with Gasteiger partial charge in [-0.05, 0) is 64.8 Å². The minimum atomic E-state index is -0.298. The van der Waals surface area contributed by atoms with Crippen molar-refractivity contribution < 1.29 is 9.13 Å². The molecule has 2 nitrogen and oxygen atoms in total. The largest absolute Gasteiger partial charge is 0.456 e. The van der Waals surface area contributed by atoms with Gasteiger partial charge in [-0.1, -0.05) is 28.9 Å². The van der Waals surface area contributed by atoms with Crippen molar-refractivity contribution in [1.29, 1.82) is 0 Å². The van der Waals surface area contributed by atoms with E-state index < -0.39 is 0 Å². The van der Waals surface area contributed by atoms with E-state index in [1.165, 1.54) is 17.7 Å². The van der Waals surface area contributed by atoms with Crippen LogP contribution in [0.5, 0.6) is 11.5 Å². The first kappa shape index (κ1) is 16.5. The fourth-order valence-electron chi connectivity index (χ4n) is 1.82. The molecule has 0 heterocycles. The zero-order chi connectivity index (χ0) is 15.2. The van der Waals surface area contributed by atoms with Crippen LogP contribution in [-0.4, -0.2) is 6.54 Å². The number of halogens is 3. The summed E-state index contributed by atoms with van der Waals surface area (Å²) in [6, 6.07) is 10.2. The summed E-state index contributed by atoms with van der Waals surface area (Å²) in [4.78, 5) is 0. The molecule has 0 aromatic heterocycles. The molecular formula is C16H16Br2FNO. The molecule has 0 bridgehead atoms. The van der Waals surface area contributed by atoms with E-state index in [9.17, 15) is 4.39 Å². The molecule has 0 aliphatic rings. The normalized spacial score (nSPS) is 10.7. The Morgan fingerprint density at radius 2 is 1.90 bits per heavy atom. The molecule has 0 saturated heterocycles. The molecule has 0 radical (unpaired) electrons. The van der Waals surface area contributed by atoms with E-state index in [-0.39, 0.29) is 5.82 Å². The SMILES string of the molecule is CCCNCc1ccc(Oc2ccc(F)cc2Br)cc1Br. The summed E-state index contributed by atoms with van der Waals surface area (Å²) in [5, 5.41) is 3.36. The van der Waals surface area contributed by atoms with Crippen LogP contribution in [0.4, 0.5) is 4.39 Å². The molecule has 0 unspecified atom stereocenters. The zero-order valence-electron chi connectivity index (χ0n) is 11.6. The van der Waals surface area contributed by atoms with Crippen molar-refractivity contribution in [3.8, 4) is 11.5 Å². The molecular weight excluding hydrogens is 401 g/mol. The molecule has 0 saturated carbocycles. The van der Waals surface area contributed by atoms with Gasteiger partial charge >= 0.3 is 0 Å². The van der Waals surface area contributed by atoms with Gasteiger partial charge in [0.05, 0.1) is 4.47 Å². The molecule has 0 fully saturated rings. The van der Waals surface area contributed by atoms with E-state index >= 15 is 0 Å². The molecule has 0 atom stereocenters.